The van der Waals surface area contributed by atoms with Crippen LogP contribution in [0.5, 0.6) is 0 Å². The van der Waals surface area contributed by atoms with E-state index in [2.05, 4.69) is 15.7 Å². The molecule has 0 radical (unpaired) electrons. The average molecular weight is 369 g/mol. The summed E-state index contributed by atoms with van der Waals surface area (Å²) in [6, 6.07) is 0. The Balaban J connectivity index is 2.76. The van der Waals surface area contributed by atoms with Crippen molar-refractivity contribution < 1.29 is 19.1 Å². The van der Waals surface area contributed by atoms with Gasteiger partial charge in [0.1, 0.15) is 17.0 Å². The molecule has 9 nitrogen and oxygen atoms in total. The first-order valence-electron chi connectivity index (χ1n) is 8.49. The molecule has 148 valence electrons. The maximum atomic E-state index is 11.9. The second-order valence-electron chi connectivity index (χ2n) is 8.07. The van der Waals surface area contributed by atoms with E-state index in [0.29, 0.717) is 5.82 Å². The zero-order valence-corrected chi connectivity index (χ0v) is 16.7. The topological polar surface area (TPSA) is 120 Å². The van der Waals surface area contributed by atoms with Crippen LogP contribution in [0.25, 0.3) is 0 Å². The summed E-state index contributed by atoms with van der Waals surface area (Å²) in [5.41, 5.74) is 5.56. The van der Waals surface area contributed by atoms with Gasteiger partial charge in [0.25, 0.3) is 0 Å². The van der Waals surface area contributed by atoms with E-state index < -0.39 is 23.4 Å². The van der Waals surface area contributed by atoms with Gasteiger partial charge < -0.3 is 25.8 Å². The minimum atomic E-state index is -0.596. The highest BCUT2D eigenvalue weighted by atomic mass is 16.6. The highest BCUT2D eigenvalue weighted by Crippen LogP contribution is 2.21. The van der Waals surface area contributed by atoms with Gasteiger partial charge in [0.15, 0.2) is 0 Å². The second kappa shape index (κ2) is 8.29. The Morgan fingerprint density at radius 2 is 1.50 bits per heavy atom. The van der Waals surface area contributed by atoms with Crippen molar-refractivity contribution in [3.05, 3.63) is 11.8 Å². The van der Waals surface area contributed by atoms with E-state index in [0.717, 1.165) is 5.56 Å². The van der Waals surface area contributed by atoms with Crippen molar-refractivity contribution in [2.75, 3.05) is 18.8 Å². The second-order valence-corrected chi connectivity index (χ2v) is 8.07. The predicted molar refractivity (Wildman–Crippen MR) is 98.8 cm³/mol. The minimum Gasteiger partial charge on any atom is -0.444 e. The lowest BCUT2D eigenvalue weighted by atomic mass is 10.0. The van der Waals surface area contributed by atoms with Crippen molar-refractivity contribution in [1.29, 1.82) is 0 Å². The van der Waals surface area contributed by atoms with E-state index in [4.69, 9.17) is 15.2 Å². The van der Waals surface area contributed by atoms with Crippen LogP contribution in [0, 0.1) is 0 Å². The van der Waals surface area contributed by atoms with Crippen molar-refractivity contribution in [3.8, 4) is 0 Å². The molecular formula is C17H31N5O4. The molecule has 0 aliphatic heterocycles. The SMILES string of the molecule is Cn1ncc(C(CNC(=O)OC(C)(C)C)CNC(=O)OC(C)(C)C)c1N. The third-order valence-corrected chi connectivity index (χ3v) is 3.24. The summed E-state index contributed by atoms with van der Waals surface area (Å²) < 4.78 is 12.0. The number of anilines is 1. The van der Waals surface area contributed by atoms with Gasteiger partial charge in [-0.05, 0) is 41.5 Å². The van der Waals surface area contributed by atoms with Gasteiger partial charge in [-0.1, -0.05) is 0 Å². The molecule has 0 aliphatic carbocycles. The highest BCUT2D eigenvalue weighted by Gasteiger charge is 2.23. The molecule has 26 heavy (non-hydrogen) atoms. The van der Waals surface area contributed by atoms with Gasteiger partial charge in [-0.2, -0.15) is 5.10 Å². The first kappa shape index (κ1) is 21.6. The van der Waals surface area contributed by atoms with Crippen molar-refractivity contribution in [3.63, 3.8) is 0 Å². The third kappa shape index (κ3) is 7.62. The number of hydrogen-bond acceptors (Lipinski definition) is 6. The number of carbonyl (C=O) groups is 2. The van der Waals surface area contributed by atoms with Crippen LogP contribution in [-0.2, 0) is 16.5 Å². The molecule has 0 aliphatic rings. The Morgan fingerprint density at radius 1 is 1.08 bits per heavy atom. The Morgan fingerprint density at radius 3 is 1.81 bits per heavy atom. The van der Waals surface area contributed by atoms with E-state index in [1.165, 1.54) is 4.68 Å². The molecule has 0 aromatic carbocycles. The van der Waals surface area contributed by atoms with Gasteiger partial charge in [-0.25, -0.2) is 9.59 Å². The summed E-state index contributed by atoms with van der Waals surface area (Å²) in [7, 11) is 1.72. The number of nitrogens with zero attached hydrogens (tertiary/aromatic N) is 2. The summed E-state index contributed by atoms with van der Waals surface area (Å²) >= 11 is 0. The first-order chi connectivity index (χ1) is 11.8. The smallest absolute Gasteiger partial charge is 0.407 e. The number of rotatable bonds is 5. The average Bonchev–Trinajstić information content (AvgIpc) is 2.75. The van der Waals surface area contributed by atoms with Crippen LogP contribution in [0.4, 0.5) is 15.4 Å². The van der Waals surface area contributed by atoms with Crippen LogP contribution in [0.3, 0.4) is 0 Å². The molecule has 4 N–H and O–H groups in total. The number of aryl methyl sites for hydroxylation is 1. The van der Waals surface area contributed by atoms with E-state index in [1.807, 2.05) is 0 Å². The van der Waals surface area contributed by atoms with Crippen LogP contribution in [0.2, 0.25) is 0 Å². The summed E-state index contributed by atoms with van der Waals surface area (Å²) in [5, 5.41) is 9.51. The fourth-order valence-electron chi connectivity index (χ4n) is 2.11. The zero-order chi connectivity index (χ0) is 20.1. The third-order valence-electron chi connectivity index (χ3n) is 3.24. The monoisotopic (exact) mass is 369 g/mol. The summed E-state index contributed by atoms with van der Waals surface area (Å²) in [4.78, 5) is 23.8. The number of nitrogens with one attached hydrogen (secondary N) is 2. The maximum Gasteiger partial charge on any atom is 0.407 e. The van der Waals surface area contributed by atoms with Crippen molar-refractivity contribution >= 4 is 18.0 Å². The van der Waals surface area contributed by atoms with E-state index in [1.54, 1.807) is 54.8 Å². The molecule has 0 saturated carbocycles. The van der Waals surface area contributed by atoms with Crippen molar-refractivity contribution in [2.24, 2.45) is 7.05 Å². The fourth-order valence-corrected chi connectivity index (χ4v) is 2.11. The molecule has 1 heterocycles. The van der Waals surface area contributed by atoms with Crippen LogP contribution >= 0.6 is 0 Å². The Labute approximate surface area is 154 Å². The fraction of sp³-hybridized carbons (Fsp3) is 0.706. The van der Waals surface area contributed by atoms with Crippen LogP contribution in [-0.4, -0.2) is 46.3 Å². The highest BCUT2D eigenvalue weighted by molar-refractivity contribution is 5.68. The number of nitrogens with two attached hydrogens (primary N) is 1. The van der Waals surface area contributed by atoms with Gasteiger partial charge in [0.2, 0.25) is 0 Å². The molecule has 2 amide bonds. The molecule has 1 aromatic heterocycles. The standard InChI is InChI=1S/C17H31N5O4/c1-16(2,3)25-14(23)19-8-11(12-10-21-22(7)13(12)18)9-20-15(24)26-17(4,5)6/h10-11H,8-9,18H2,1-7H3,(H,19,23)(H,20,24). The normalized spacial score (nSPS) is 12.0. The molecule has 0 bridgehead atoms. The molecule has 1 aromatic rings. The van der Waals surface area contributed by atoms with Gasteiger partial charge in [0, 0.05) is 31.6 Å². The Kier molecular flexibility index (Phi) is 6.88. The van der Waals surface area contributed by atoms with Crippen LogP contribution in [0.15, 0.2) is 6.20 Å². The number of hydrogen-bond donors (Lipinski definition) is 3. The van der Waals surface area contributed by atoms with Crippen LogP contribution < -0.4 is 16.4 Å². The summed E-state index contributed by atoms with van der Waals surface area (Å²) in [6.07, 6.45) is 0.539. The first-order valence-corrected chi connectivity index (χ1v) is 8.49. The van der Waals surface area contributed by atoms with Crippen molar-refractivity contribution in [2.45, 2.75) is 58.7 Å². The van der Waals surface area contributed by atoms with Gasteiger partial charge in [-0.15, -0.1) is 0 Å². The van der Waals surface area contributed by atoms with Gasteiger partial charge in [0.05, 0.1) is 6.20 Å². The van der Waals surface area contributed by atoms with E-state index in [9.17, 15) is 9.59 Å². The predicted octanol–water partition coefficient (Wildman–Crippen LogP) is 2.14. The molecule has 0 fully saturated rings. The molecule has 0 spiro atoms. The van der Waals surface area contributed by atoms with E-state index >= 15 is 0 Å². The summed E-state index contributed by atoms with van der Waals surface area (Å²) in [5.74, 6) is 0.177. The molecule has 0 saturated heterocycles. The Bertz CT molecular complexity index is 596. The van der Waals surface area contributed by atoms with Gasteiger partial charge >= 0.3 is 12.2 Å². The molecule has 1 rings (SSSR count). The number of aromatic nitrogens is 2. The molecular weight excluding hydrogens is 338 g/mol. The molecule has 0 atom stereocenters. The lowest BCUT2D eigenvalue weighted by molar-refractivity contribution is 0.0519. The number of nitrogen functional groups attached to an aromatic ring is 1. The maximum absolute atomic E-state index is 11.9. The quantitative estimate of drug-likeness (QED) is 0.731. The largest absolute Gasteiger partial charge is 0.444 e. The lowest BCUT2D eigenvalue weighted by Crippen LogP contribution is -2.39. The molecule has 9 heteroatoms. The van der Waals surface area contributed by atoms with Crippen LogP contribution in [0.1, 0.15) is 53.0 Å². The number of carbonyl (C=O) groups excluding carboxylic acids is 2. The van der Waals surface area contributed by atoms with Gasteiger partial charge in [-0.3, -0.25) is 4.68 Å². The lowest BCUT2D eigenvalue weighted by Gasteiger charge is -2.23. The Hall–Kier alpha value is -2.45. The number of alkyl carbamates (subject to hydrolysis) is 2. The number of amides is 2. The number of ether oxygens (including phenoxy) is 2. The molecule has 0 unspecified atom stereocenters. The zero-order valence-electron chi connectivity index (χ0n) is 16.7. The summed E-state index contributed by atoms with van der Waals surface area (Å²) in [6.45, 7) is 11.2. The van der Waals surface area contributed by atoms with E-state index in [-0.39, 0.29) is 19.0 Å². The van der Waals surface area contributed by atoms with Crippen molar-refractivity contribution in [1.82, 2.24) is 20.4 Å². The minimum absolute atomic E-state index is 0.223.